The van der Waals surface area contributed by atoms with E-state index in [-0.39, 0.29) is 0 Å². The van der Waals surface area contributed by atoms with E-state index < -0.39 is 0 Å². The second-order valence-corrected chi connectivity index (χ2v) is 4.33. The molecule has 1 heterocycles. The van der Waals surface area contributed by atoms with Gasteiger partial charge in [-0.3, -0.25) is 0 Å². The Bertz CT molecular complexity index is 136. The molecule has 0 bridgehead atoms. The molecular formula is C11H23NO. The maximum atomic E-state index is 5.72. The van der Waals surface area contributed by atoms with Crippen LogP contribution in [0.25, 0.3) is 0 Å². The van der Waals surface area contributed by atoms with Crippen LogP contribution in [0.2, 0.25) is 0 Å². The highest BCUT2D eigenvalue weighted by Gasteiger charge is 2.29. The SMILES string of the molecule is CCCNCC1CCOC1C(C)C. The molecule has 2 atom stereocenters. The third-order valence-corrected chi connectivity index (χ3v) is 2.75. The van der Waals surface area contributed by atoms with Crippen molar-refractivity contribution in [2.24, 2.45) is 11.8 Å². The van der Waals surface area contributed by atoms with Gasteiger partial charge in [-0.2, -0.15) is 0 Å². The second kappa shape index (κ2) is 5.61. The average molecular weight is 185 g/mol. The van der Waals surface area contributed by atoms with Crippen LogP contribution < -0.4 is 5.32 Å². The van der Waals surface area contributed by atoms with Crippen molar-refractivity contribution in [3.8, 4) is 0 Å². The zero-order valence-corrected chi connectivity index (χ0v) is 9.18. The quantitative estimate of drug-likeness (QED) is 0.662. The summed E-state index contributed by atoms with van der Waals surface area (Å²) in [5.41, 5.74) is 0. The summed E-state index contributed by atoms with van der Waals surface area (Å²) in [4.78, 5) is 0. The lowest BCUT2D eigenvalue weighted by Crippen LogP contribution is -2.31. The zero-order valence-electron chi connectivity index (χ0n) is 9.18. The standard InChI is InChI=1S/C11H23NO/c1-4-6-12-8-10-5-7-13-11(10)9(2)3/h9-12H,4-8H2,1-3H3. The van der Waals surface area contributed by atoms with Crippen LogP contribution in [0.4, 0.5) is 0 Å². The highest BCUT2D eigenvalue weighted by atomic mass is 16.5. The monoisotopic (exact) mass is 185 g/mol. The van der Waals surface area contributed by atoms with Crippen molar-refractivity contribution in [3.63, 3.8) is 0 Å². The van der Waals surface area contributed by atoms with E-state index in [4.69, 9.17) is 4.74 Å². The predicted molar refractivity (Wildman–Crippen MR) is 55.8 cm³/mol. The Morgan fingerprint density at radius 3 is 2.85 bits per heavy atom. The molecule has 0 spiro atoms. The minimum atomic E-state index is 0.490. The molecule has 2 unspecified atom stereocenters. The Balaban J connectivity index is 2.23. The summed E-state index contributed by atoms with van der Waals surface area (Å²) in [6, 6.07) is 0. The molecule has 0 saturated carbocycles. The molecule has 0 aromatic carbocycles. The fourth-order valence-electron chi connectivity index (χ4n) is 2.08. The van der Waals surface area contributed by atoms with Crippen LogP contribution in [0.1, 0.15) is 33.6 Å². The van der Waals surface area contributed by atoms with Crippen molar-refractivity contribution in [2.45, 2.75) is 39.7 Å². The van der Waals surface area contributed by atoms with Crippen LogP contribution >= 0.6 is 0 Å². The zero-order chi connectivity index (χ0) is 9.68. The van der Waals surface area contributed by atoms with Gasteiger partial charge in [-0.1, -0.05) is 20.8 Å². The summed E-state index contributed by atoms with van der Waals surface area (Å²) < 4.78 is 5.72. The van der Waals surface area contributed by atoms with Crippen molar-refractivity contribution in [1.29, 1.82) is 0 Å². The molecule has 1 aliphatic heterocycles. The molecule has 0 aromatic rings. The van der Waals surface area contributed by atoms with Gasteiger partial charge in [-0.05, 0) is 31.2 Å². The van der Waals surface area contributed by atoms with Gasteiger partial charge in [0.25, 0.3) is 0 Å². The Morgan fingerprint density at radius 2 is 2.23 bits per heavy atom. The highest BCUT2D eigenvalue weighted by molar-refractivity contribution is 4.80. The van der Waals surface area contributed by atoms with Gasteiger partial charge in [0.1, 0.15) is 0 Å². The topological polar surface area (TPSA) is 21.3 Å². The number of ether oxygens (including phenoxy) is 1. The molecule has 78 valence electrons. The Labute approximate surface area is 82.0 Å². The van der Waals surface area contributed by atoms with E-state index in [1.807, 2.05) is 0 Å². The van der Waals surface area contributed by atoms with Crippen molar-refractivity contribution < 1.29 is 4.74 Å². The van der Waals surface area contributed by atoms with E-state index in [2.05, 4.69) is 26.1 Å². The fourth-order valence-corrected chi connectivity index (χ4v) is 2.08. The van der Waals surface area contributed by atoms with E-state index >= 15 is 0 Å². The van der Waals surface area contributed by atoms with E-state index in [1.165, 1.54) is 12.8 Å². The number of hydrogen-bond acceptors (Lipinski definition) is 2. The Morgan fingerprint density at radius 1 is 1.46 bits per heavy atom. The van der Waals surface area contributed by atoms with Crippen LogP contribution in [-0.2, 0) is 4.74 Å². The molecule has 0 amide bonds. The van der Waals surface area contributed by atoms with E-state index in [0.717, 1.165) is 25.6 Å². The van der Waals surface area contributed by atoms with Gasteiger partial charge < -0.3 is 10.1 Å². The van der Waals surface area contributed by atoms with Crippen LogP contribution in [0.5, 0.6) is 0 Å². The van der Waals surface area contributed by atoms with Gasteiger partial charge >= 0.3 is 0 Å². The molecule has 0 aliphatic carbocycles. The Kier molecular flexibility index (Phi) is 4.74. The minimum Gasteiger partial charge on any atom is -0.378 e. The van der Waals surface area contributed by atoms with Gasteiger partial charge in [0.15, 0.2) is 0 Å². The lowest BCUT2D eigenvalue weighted by molar-refractivity contribution is 0.0540. The Hall–Kier alpha value is -0.0800. The number of hydrogen-bond donors (Lipinski definition) is 1. The van der Waals surface area contributed by atoms with Crippen LogP contribution in [0.15, 0.2) is 0 Å². The molecule has 1 fully saturated rings. The van der Waals surface area contributed by atoms with Gasteiger partial charge in [-0.15, -0.1) is 0 Å². The number of rotatable bonds is 5. The molecule has 1 N–H and O–H groups in total. The number of nitrogens with one attached hydrogen (secondary N) is 1. The summed E-state index contributed by atoms with van der Waals surface area (Å²) in [5.74, 6) is 1.41. The predicted octanol–water partition coefficient (Wildman–Crippen LogP) is 2.05. The first-order valence-corrected chi connectivity index (χ1v) is 5.58. The molecule has 2 heteroatoms. The van der Waals surface area contributed by atoms with Crippen molar-refractivity contribution in [1.82, 2.24) is 5.32 Å². The van der Waals surface area contributed by atoms with Crippen LogP contribution in [-0.4, -0.2) is 25.8 Å². The minimum absolute atomic E-state index is 0.490. The lowest BCUT2D eigenvalue weighted by atomic mass is 9.93. The normalized spacial score (nSPS) is 28.6. The van der Waals surface area contributed by atoms with Crippen molar-refractivity contribution in [2.75, 3.05) is 19.7 Å². The summed E-state index contributed by atoms with van der Waals surface area (Å²) in [6.07, 6.45) is 2.95. The van der Waals surface area contributed by atoms with Crippen LogP contribution in [0, 0.1) is 11.8 Å². The average Bonchev–Trinajstić information content (AvgIpc) is 2.53. The van der Waals surface area contributed by atoms with E-state index in [1.54, 1.807) is 0 Å². The van der Waals surface area contributed by atoms with Gasteiger partial charge in [-0.25, -0.2) is 0 Å². The lowest BCUT2D eigenvalue weighted by Gasteiger charge is -2.22. The molecular weight excluding hydrogens is 162 g/mol. The fraction of sp³-hybridized carbons (Fsp3) is 1.00. The molecule has 1 saturated heterocycles. The maximum absolute atomic E-state index is 5.72. The smallest absolute Gasteiger partial charge is 0.0639 e. The third-order valence-electron chi connectivity index (χ3n) is 2.75. The molecule has 0 radical (unpaired) electrons. The van der Waals surface area contributed by atoms with Crippen molar-refractivity contribution >= 4 is 0 Å². The second-order valence-electron chi connectivity index (χ2n) is 4.33. The molecule has 1 aliphatic rings. The maximum Gasteiger partial charge on any atom is 0.0639 e. The first-order valence-electron chi connectivity index (χ1n) is 5.58. The first-order chi connectivity index (χ1) is 6.25. The largest absolute Gasteiger partial charge is 0.378 e. The van der Waals surface area contributed by atoms with E-state index in [0.29, 0.717) is 12.0 Å². The van der Waals surface area contributed by atoms with Crippen molar-refractivity contribution in [3.05, 3.63) is 0 Å². The first kappa shape index (κ1) is 11.0. The third kappa shape index (κ3) is 3.28. The molecule has 1 rings (SSSR count). The summed E-state index contributed by atoms with van der Waals surface area (Å²) in [7, 11) is 0. The van der Waals surface area contributed by atoms with Gasteiger partial charge in [0, 0.05) is 13.2 Å². The summed E-state index contributed by atoms with van der Waals surface area (Å²) in [6.45, 7) is 9.95. The highest BCUT2D eigenvalue weighted by Crippen LogP contribution is 2.25. The molecule has 2 nitrogen and oxygen atoms in total. The summed E-state index contributed by atoms with van der Waals surface area (Å²) in [5, 5.41) is 3.48. The van der Waals surface area contributed by atoms with E-state index in [9.17, 15) is 0 Å². The summed E-state index contributed by atoms with van der Waals surface area (Å²) >= 11 is 0. The molecule has 13 heavy (non-hydrogen) atoms. The van der Waals surface area contributed by atoms with Gasteiger partial charge in [0.05, 0.1) is 6.10 Å². The van der Waals surface area contributed by atoms with Crippen LogP contribution in [0.3, 0.4) is 0 Å². The van der Waals surface area contributed by atoms with Gasteiger partial charge in [0.2, 0.25) is 0 Å². The molecule has 0 aromatic heterocycles.